The van der Waals surface area contributed by atoms with Crippen molar-refractivity contribution in [2.45, 2.75) is 77.2 Å². The lowest BCUT2D eigenvalue weighted by molar-refractivity contribution is 0.300. The smallest absolute Gasteiger partial charge is 0.0971 e. The van der Waals surface area contributed by atoms with Crippen LogP contribution in [0.15, 0.2) is 4.99 Å². The molecule has 17 heavy (non-hydrogen) atoms. The minimum Gasteiger partial charge on any atom is -0.387 e. The first-order chi connectivity index (χ1) is 8.31. The molecule has 0 amide bonds. The van der Waals surface area contributed by atoms with Crippen molar-refractivity contribution in [3.8, 4) is 0 Å². The van der Waals surface area contributed by atoms with E-state index >= 15 is 0 Å². The molecule has 0 saturated heterocycles. The molecule has 0 aromatic heterocycles. The van der Waals surface area contributed by atoms with Gasteiger partial charge < -0.3 is 5.73 Å². The number of hydrogen-bond donors (Lipinski definition) is 1. The monoisotopic (exact) mass is 236 g/mol. The summed E-state index contributed by atoms with van der Waals surface area (Å²) in [6.45, 7) is 2.27. The van der Waals surface area contributed by atoms with Crippen molar-refractivity contribution >= 4 is 5.84 Å². The molecule has 2 aliphatic rings. The Hall–Kier alpha value is -0.530. The minimum atomic E-state index is 0.510. The van der Waals surface area contributed by atoms with Gasteiger partial charge in [0.2, 0.25) is 0 Å². The number of nitrogens with two attached hydrogens (primary N) is 1. The van der Waals surface area contributed by atoms with E-state index in [4.69, 9.17) is 10.7 Å². The summed E-state index contributed by atoms with van der Waals surface area (Å²) in [5.41, 5.74) is 6.21. The van der Waals surface area contributed by atoms with Crippen LogP contribution in [0, 0.1) is 11.8 Å². The molecule has 2 nitrogen and oxygen atoms in total. The first kappa shape index (κ1) is 12.9. The number of nitrogens with zero attached hydrogens (tertiary/aromatic N) is 1. The molecule has 1 atom stereocenters. The topological polar surface area (TPSA) is 38.4 Å². The van der Waals surface area contributed by atoms with Gasteiger partial charge in [-0.05, 0) is 38.0 Å². The van der Waals surface area contributed by atoms with Gasteiger partial charge >= 0.3 is 0 Å². The zero-order valence-electron chi connectivity index (χ0n) is 11.3. The van der Waals surface area contributed by atoms with Crippen molar-refractivity contribution in [2.75, 3.05) is 0 Å². The van der Waals surface area contributed by atoms with Gasteiger partial charge in [0, 0.05) is 5.92 Å². The molecule has 1 unspecified atom stereocenters. The zero-order valence-corrected chi connectivity index (χ0v) is 11.3. The van der Waals surface area contributed by atoms with E-state index in [1.54, 1.807) is 0 Å². The van der Waals surface area contributed by atoms with E-state index in [1.165, 1.54) is 57.8 Å². The van der Waals surface area contributed by atoms with Crippen molar-refractivity contribution in [1.82, 2.24) is 0 Å². The van der Waals surface area contributed by atoms with Crippen molar-refractivity contribution in [1.29, 1.82) is 0 Å². The Morgan fingerprint density at radius 1 is 1.06 bits per heavy atom. The van der Waals surface area contributed by atoms with E-state index in [2.05, 4.69) is 6.92 Å². The average Bonchev–Trinajstić information content (AvgIpc) is 2.90. The van der Waals surface area contributed by atoms with Gasteiger partial charge in [0.15, 0.2) is 0 Å². The number of amidine groups is 1. The summed E-state index contributed by atoms with van der Waals surface area (Å²) in [6.07, 6.45) is 13.4. The normalized spacial score (nSPS) is 26.3. The van der Waals surface area contributed by atoms with Crippen LogP contribution in [0.1, 0.15) is 71.1 Å². The fraction of sp³-hybridized carbons (Fsp3) is 0.933. The molecule has 0 bridgehead atoms. The maximum Gasteiger partial charge on any atom is 0.0971 e. The van der Waals surface area contributed by atoms with E-state index in [0.29, 0.717) is 12.0 Å². The Kier molecular flexibility index (Phi) is 4.87. The van der Waals surface area contributed by atoms with Crippen molar-refractivity contribution in [3.05, 3.63) is 0 Å². The Bertz CT molecular complexity index is 248. The molecule has 2 fully saturated rings. The maximum absolute atomic E-state index is 6.21. The predicted molar refractivity (Wildman–Crippen MR) is 74.2 cm³/mol. The summed E-state index contributed by atoms with van der Waals surface area (Å²) in [4.78, 5) is 4.90. The summed E-state index contributed by atoms with van der Waals surface area (Å²) in [5.74, 6) is 2.39. The lowest BCUT2D eigenvalue weighted by atomic mass is 9.83. The van der Waals surface area contributed by atoms with Crippen LogP contribution >= 0.6 is 0 Å². The van der Waals surface area contributed by atoms with Crippen LogP contribution in [0.3, 0.4) is 0 Å². The largest absolute Gasteiger partial charge is 0.387 e. The Morgan fingerprint density at radius 2 is 1.65 bits per heavy atom. The first-order valence-electron chi connectivity index (χ1n) is 7.64. The Morgan fingerprint density at radius 3 is 2.24 bits per heavy atom. The molecule has 0 radical (unpaired) electrons. The standard InChI is InChI=1S/C15H28N2/c1-2-14(12-8-4-3-5-9-12)17-15(16)13-10-6-7-11-13/h12-14H,2-11H2,1H3,(H2,16,17). The molecule has 0 aromatic rings. The summed E-state index contributed by atoms with van der Waals surface area (Å²) >= 11 is 0. The molecule has 2 heteroatoms. The van der Waals surface area contributed by atoms with E-state index in [0.717, 1.165) is 18.2 Å². The molecule has 0 heterocycles. The second kappa shape index (κ2) is 6.42. The number of hydrogen-bond acceptors (Lipinski definition) is 1. The van der Waals surface area contributed by atoms with E-state index in [9.17, 15) is 0 Å². The second-order valence-electron chi connectivity index (χ2n) is 5.91. The van der Waals surface area contributed by atoms with Crippen molar-refractivity contribution in [2.24, 2.45) is 22.6 Å². The van der Waals surface area contributed by atoms with Gasteiger partial charge in [-0.2, -0.15) is 0 Å². The highest BCUT2D eigenvalue weighted by Gasteiger charge is 2.24. The lowest BCUT2D eigenvalue weighted by Crippen LogP contribution is -2.28. The van der Waals surface area contributed by atoms with Gasteiger partial charge in [0.1, 0.15) is 0 Å². The number of aliphatic imine (C=N–C) groups is 1. The highest BCUT2D eigenvalue weighted by Crippen LogP contribution is 2.31. The molecular formula is C15H28N2. The fourth-order valence-corrected chi connectivity index (χ4v) is 3.57. The molecule has 2 saturated carbocycles. The molecule has 0 spiro atoms. The molecular weight excluding hydrogens is 208 g/mol. The zero-order chi connectivity index (χ0) is 12.1. The third kappa shape index (κ3) is 3.46. The summed E-state index contributed by atoms with van der Waals surface area (Å²) in [7, 11) is 0. The molecule has 0 aliphatic heterocycles. The molecule has 0 aromatic carbocycles. The van der Waals surface area contributed by atoms with Crippen LogP contribution in [-0.2, 0) is 0 Å². The third-order valence-electron chi connectivity index (χ3n) is 4.70. The average molecular weight is 236 g/mol. The highest BCUT2D eigenvalue weighted by atomic mass is 14.9. The molecule has 2 aliphatic carbocycles. The maximum atomic E-state index is 6.21. The molecule has 2 rings (SSSR count). The summed E-state index contributed by atoms with van der Waals surface area (Å²) < 4.78 is 0. The predicted octanol–water partition coefficient (Wildman–Crippen LogP) is 3.89. The van der Waals surface area contributed by atoms with Gasteiger partial charge in [-0.1, -0.05) is 39.0 Å². The van der Waals surface area contributed by atoms with Crippen molar-refractivity contribution < 1.29 is 0 Å². The van der Waals surface area contributed by atoms with Crippen LogP contribution in [-0.4, -0.2) is 11.9 Å². The van der Waals surface area contributed by atoms with Gasteiger partial charge in [0.05, 0.1) is 11.9 Å². The van der Waals surface area contributed by atoms with Crippen LogP contribution in [0.2, 0.25) is 0 Å². The van der Waals surface area contributed by atoms with E-state index in [1.807, 2.05) is 0 Å². The molecule has 2 N–H and O–H groups in total. The van der Waals surface area contributed by atoms with Crippen LogP contribution in [0.5, 0.6) is 0 Å². The fourth-order valence-electron chi connectivity index (χ4n) is 3.57. The first-order valence-corrected chi connectivity index (χ1v) is 7.64. The van der Waals surface area contributed by atoms with Gasteiger partial charge in [-0.15, -0.1) is 0 Å². The number of rotatable bonds is 4. The van der Waals surface area contributed by atoms with Crippen LogP contribution in [0.4, 0.5) is 0 Å². The van der Waals surface area contributed by atoms with Crippen LogP contribution < -0.4 is 5.73 Å². The van der Waals surface area contributed by atoms with E-state index in [-0.39, 0.29) is 0 Å². The quantitative estimate of drug-likeness (QED) is 0.583. The third-order valence-corrected chi connectivity index (χ3v) is 4.70. The molecule has 98 valence electrons. The van der Waals surface area contributed by atoms with E-state index < -0.39 is 0 Å². The van der Waals surface area contributed by atoms with Gasteiger partial charge in [0.25, 0.3) is 0 Å². The second-order valence-corrected chi connectivity index (χ2v) is 5.91. The van der Waals surface area contributed by atoms with Gasteiger partial charge in [-0.25, -0.2) is 0 Å². The highest BCUT2D eigenvalue weighted by molar-refractivity contribution is 5.83. The van der Waals surface area contributed by atoms with Gasteiger partial charge in [-0.3, -0.25) is 4.99 Å². The Labute approximate surface area is 106 Å². The Balaban J connectivity index is 1.94. The van der Waals surface area contributed by atoms with Crippen molar-refractivity contribution in [3.63, 3.8) is 0 Å². The lowest BCUT2D eigenvalue weighted by Gasteiger charge is -2.27. The van der Waals surface area contributed by atoms with Crippen LogP contribution in [0.25, 0.3) is 0 Å². The SMILES string of the molecule is CCC(N=C(N)C1CCCC1)C1CCCCC1. The summed E-state index contributed by atoms with van der Waals surface area (Å²) in [5, 5.41) is 0. The summed E-state index contributed by atoms with van der Waals surface area (Å²) in [6, 6.07) is 0.510. The minimum absolute atomic E-state index is 0.510.